The van der Waals surface area contributed by atoms with Crippen molar-refractivity contribution in [1.82, 2.24) is 15.0 Å². The second-order valence-corrected chi connectivity index (χ2v) is 8.36. The summed E-state index contributed by atoms with van der Waals surface area (Å²) in [6.07, 6.45) is 6.74. The van der Waals surface area contributed by atoms with E-state index >= 15 is 0 Å². The first-order valence-corrected chi connectivity index (χ1v) is 10.6. The molecule has 0 aromatic carbocycles. The van der Waals surface area contributed by atoms with E-state index in [0.29, 0.717) is 35.1 Å². The Labute approximate surface area is 173 Å². The van der Waals surface area contributed by atoms with Gasteiger partial charge in [0.15, 0.2) is 10.9 Å². The van der Waals surface area contributed by atoms with E-state index in [2.05, 4.69) is 25.2 Å². The third-order valence-electron chi connectivity index (χ3n) is 4.77. The molecular weight excluding hydrogens is 394 g/mol. The Morgan fingerprint density at radius 2 is 1.93 bits per heavy atom. The van der Waals surface area contributed by atoms with Gasteiger partial charge < -0.3 is 24.4 Å². The number of aromatic nitrogens is 3. The highest BCUT2D eigenvalue weighted by atomic mass is 32.1. The zero-order valence-electron chi connectivity index (χ0n) is 16.5. The van der Waals surface area contributed by atoms with Gasteiger partial charge in [0.05, 0.1) is 44.0 Å². The maximum Gasteiger partial charge on any atom is 0.229 e. The number of thiazole rings is 1. The number of nitrogens with zero attached hydrogens (tertiary/aromatic N) is 4. The number of nitrogens with one attached hydrogen (secondary N) is 1. The second kappa shape index (κ2) is 9.02. The molecule has 1 aliphatic heterocycles. The van der Waals surface area contributed by atoms with Crippen molar-refractivity contribution < 1.29 is 19.0 Å². The maximum atomic E-state index is 12.3. The van der Waals surface area contributed by atoms with Crippen LogP contribution in [-0.2, 0) is 14.3 Å². The normalized spacial score (nSPS) is 21.7. The van der Waals surface area contributed by atoms with Crippen molar-refractivity contribution in [3.05, 3.63) is 18.6 Å². The molecule has 1 amide bonds. The van der Waals surface area contributed by atoms with Crippen molar-refractivity contribution in [1.29, 1.82) is 0 Å². The lowest BCUT2D eigenvalue weighted by Gasteiger charge is -2.34. The third kappa shape index (κ3) is 5.20. The summed E-state index contributed by atoms with van der Waals surface area (Å²) in [5, 5.41) is 3.94. The lowest BCUT2D eigenvalue weighted by Crippen LogP contribution is -2.40. The summed E-state index contributed by atoms with van der Waals surface area (Å²) in [4.78, 5) is 27.3. The number of amides is 1. The lowest BCUT2D eigenvalue weighted by atomic mass is 9.81. The van der Waals surface area contributed by atoms with Gasteiger partial charge in [0.25, 0.3) is 0 Å². The van der Waals surface area contributed by atoms with Crippen LogP contribution in [0.1, 0.15) is 26.7 Å². The zero-order valence-corrected chi connectivity index (χ0v) is 17.4. The molecule has 4 rings (SSSR count). The SMILES string of the molecule is CC(C)OC1CC(C(=O)Nc2ncc(Oc3cnc(N4CCOCC4)nc3)s2)C1. The molecule has 156 valence electrons. The van der Waals surface area contributed by atoms with Gasteiger partial charge in [-0.1, -0.05) is 11.3 Å². The monoisotopic (exact) mass is 419 g/mol. The van der Waals surface area contributed by atoms with E-state index in [4.69, 9.17) is 14.2 Å². The van der Waals surface area contributed by atoms with Gasteiger partial charge >= 0.3 is 0 Å². The summed E-state index contributed by atoms with van der Waals surface area (Å²) >= 11 is 1.27. The molecule has 2 aliphatic rings. The van der Waals surface area contributed by atoms with E-state index in [1.807, 2.05) is 13.8 Å². The van der Waals surface area contributed by atoms with Gasteiger partial charge in [0.1, 0.15) is 0 Å². The van der Waals surface area contributed by atoms with Crippen LogP contribution in [0.2, 0.25) is 0 Å². The summed E-state index contributed by atoms with van der Waals surface area (Å²) in [7, 11) is 0. The highest BCUT2D eigenvalue weighted by Crippen LogP contribution is 2.34. The Morgan fingerprint density at radius 3 is 2.62 bits per heavy atom. The standard InChI is InChI=1S/C19H25N5O4S/c1-12(2)27-14-7-13(8-14)17(25)23-19-22-11-16(29-19)28-15-9-20-18(21-10-15)24-3-5-26-6-4-24/h9-14H,3-8H2,1-2H3,(H,22,23,25). The minimum absolute atomic E-state index is 0.0202. The van der Waals surface area contributed by atoms with Gasteiger partial charge in [-0.25, -0.2) is 15.0 Å². The van der Waals surface area contributed by atoms with Crippen molar-refractivity contribution in [2.75, 3.05) is 36.5 Å². The Hall–Kier alpha value is -2.30. The molecule has 29 heavy (non-hydrogen) atoms. The molecule has 2 fully saturated rings. The van der Waals surface area contributed by atoms with Crippen LogP contribution in [0.4, 0.5) is 11.1 Å². The fraction of sp³-hybridized carbons (Fsp3) is 0.579. The summed E-state index contributed by atoms with van der Waals surface area (Å²) < 4.78 is 16.8. The summed E-state index contributed by atoms with van der Waals surface area (Å²) in [6.45, 7) is 6.94. The first kappa shape index (κ1) is 20.0. The molecule has 0 bridgehead atoms. The average Bonchev–Trinajstić information content (AvgIpc) is 3.12. The van der Waals surface area contributed by atoms with Gasteiger partial charge in [0, 0.05) is 19.0 Å². The van der Waals surface area contributed by atoms with Gasteiger partial charge in [-0.05, 0) is 26.7 Å². The second-order valence-electron chi connectivity index (χ2n) is 7.37. The van der Waals surface area contributed by atoms with Gasteiger partial charge in [-0.15, -0.1) is 0 Å². The molecule has 0 unspecified atom stereocenters. The minimum atomic E-state index is -0.0206. The fourth-order valence-electron chi connectivity index (χ4n) is 3.25. The molecule has 1 N–H and O–H groups in total. The van der Waals surface area contributed by atoms with Gasteiger partial charge in [-0.2, -0.15) is 0 Å². The third-order valence-corrected chi connectivity index (χ3v) is 5.56. The molecule has 1 saturated heterocycles. The number of carbonyl (C=O) groups is 1. The van der Waals surface area contributed by atoms with E-state index in [1.54, 1.807) is 18.6 Å². The quantitative estimate of drug-likeness (QED) is 0.731. The molecule has 10 heteroatoms. The molecule has 1 saturated carbocycles. The number of hydrogen-bond donors (Lipinski definition) is 1. The van der Waals surface area contributed by atoms with E-state index < -0.39 is 0 Å². The van der Waals surface area contributed by atoms with Crippen LogP contribution in [0.25, 0.3) is 0 Å². The Kier molecular flexibility index (Phi) is 6.22. The van der Waals surface area contributed by atoms with Crippen LogP contribution in [-0.4, -0.2) is 59.4 Å². The predicted octanol–water partition coefficient (Wildman–Crippen LogP) is 2.70. The fourth-order valence-corrected chi connectivity index (χ4v) is 3.94. The number of carbonyl (C=O) groups excluding carboxylic acids is 1. The first-order valence-electron chi connectivity index (χ1n) is 9.81. The largest absolute Gasteiger partial charge is 0.442 e. The van der Waals surface area contributed by atoms with Crippen LogP contribution in [0.3, 0.4) is 0 Å². The summed E-state index contributed by atoms with van der Waals surface area (Å²) in [6, 6.07) is 0. The number of anilines is 2. The Bertz CT molecular complexity index is 816. The molecule has 2 aromatic rings. The number of rotatable bonds is 7. The Balaban J connectivity index is 1.26. The molecule has 9 nitrogen and oxygen atoms in total. The van der Waals surface area contributed by atoms with Crippen molar-refractivity contribution in [2.45, 2.75) is 38.9 Å². The van der Waals surface area contributed by atoms with Crippen LogP contribution in [0.15, 0.2) is 18.6 Å². The van der Waals surface area contributed by atoms with Crippen LogP contribution in [0.5, 0.6) is 10.8 Å². The molecule has 0 spiro atoms. The smallest absolute Gasteiger partial charge is 0.229 e. The van der Waals surface area contributed by atoms with Gasteiger partial charge in [0.2, 0.25) is 16.9 Å². The lowest BCUT2D eigenvalue weighted by molar-refractivity contribution is -0.131. The molecule has 2 aromatic heterocycles. The zero-order chi connectivity index (χ0) is 20.2. The maximum absolute atomic E-state index is 12.3. The summed E-state index contributed by atoms with van der Waals surface area (Å²) in [5.74, 6) is 1.15. The highest BCUT2D eigenvalue weighted by Gasteiger charge is 2.36. The molecule has 1 aliphatic carbocycles. The van der Waals surface area contributed by atoms with Gasteiger partial charge in [-0.3, -0.25) is 4.79 Å². The van der Waals surface area contributed by atoms with Crippen LogP contribution < -0.4 is 15.0 Å². The van der Waals surface area contributed by atoms with Crippen molar-refractivity contribution >= 4 is 28.3 Å². The average molecular weight is 420 g/mol. The van der Waals surface area contributed by atoms with E-state index in [9.17, 15) is 4.79 Å². The molecule has 0 atom stereocenters. The first-order chi connectivity index (χ1) is 14.1. The number of ether oxygens (including phenoxy) is 3. The van der Waals surface area contributed by atoms with Crippen molar-refractivity contribution in [2.24, 2.45) is 5.92 Å². The van der Waals surface area contributed by atoms with Crippen LogP contribution >= 0.6 is 11.3 Å². The molecule has 3 heterocycles. The molecule has 0 radical (unpaired) electrons. The number of hydrogen-bond acceptors (Lipinski definition) is 9. The Morgan fingerprint density at radius 1 is 1.21 bits per heavy atom. The predicted molar refractivity (Wildman–Crippen MR) is 109 cm³/mol. The number of morpholine rings is 1. The van der Waals surface area contributed by atoms with E-state index in [0.717, 1.165) is 25.9 Å². The molecular formula is C19H25N5O4S. The van der Waals surface area contributed by atoms with E-state index in [-0.39, 0.29) is 24.0 Å². The minimum Gasteiger partial charge on any atom is -0.442 e. The highest BCUT2D eigenvalue weighted by molar-refractivity contribution is 7.17. The summed E-state index contributed by atoms with van der Waals surface area (Å²) in [5.41, 5.74) is 0. The van der Waals surface area contributed by atoms with Crippen molar-refractivity contribution in [3.63, 3.8) is 0 Å². The van der Waals surface area contributed by atoms with Crippen molar-refractivity contribution in [3.8, 4) is 10.8 Å². The topological polar surface area (TPSA) is 98.7 Å². The van der Waals surface area contributed by atoms with Crippen LogP contribution in [0, 0.1) is 5.92 Å². The van der Waals surface area contributed by atoms with E-state index in [1.165, 1.54) is 11.3 Å².